The number of hydrogen-bond acceptors (Lipinski definition) is 4. The van der Waals surface area contributed by atoms with Gasteiger partial charge in [0.25, 0.3) is 5.91 Å². The van der Waals surface area contributed by atoms with Crippen LogP contribution in [-0.2, 0) is 21.4 Å². The molecular weight excluding hydrogens is 639 g/mol. The lowest BCUT2D eigenvalue weighted by Gasteiger charge is -2.35. The Morgan fingerprint density at radius 3 is 2.13 bits per heavy atom. The van der Waals surface area contributed by atoms with Crippen molar-refractivity contribution in [3.05, 3.63) is 124 Å². The molecular formula is C36H32Cl2N4O3S. The summed E-state index contributed by atoms with van der Waals surface area (Å²) < 4.78 is 29.7. The summed E-state index contributed by atoms with van der Waals surface area (Å²) in [5, 5.41) is 1.03. The first-order valence-corrected chi connectivity index (χ1v) is 17.5. The molecule has 1 aliphatic carbocycles. The zero-order valence-electron chi connectivity index (χ0n) is 25.2. The summed E-state index contributed by atoms with van der Waals surface area (Å²) >= 11 is 12.7. The lowest BCUT2D eigenvalue weighted by molar-refractivity contribution is -0.117. The largest absolute Gasteiger partial charge is 0.326 e. The van der Waals surface area contributed by atoms with Crippen LogP contribution in [0.15, 0.2) is 97.2 Å². The van der Waals surface area contributed by atoms with Crippen molar-refractivity contribution in [2.45, 2.75) is 38.5 Å². The number of amides is 1. The smallest absolute Gasteiger partial charge is 0.303 e. The highest BCUT2D eigenvalue weighted by Crippen LogP contribution is 2.43. The second-order valence-corrected chi connectivity index (χ2v) is 14.5. The number of anilines is 1. The number of rotatable bonds is 8. The molecule has 7 nitrogen and oxygen atoms in total. The molecule has 0 spiro atoms. The number of halogens is 2. The Hall–Kier alpha value is -4.11. The van der Waals surface area contributed by atoms with Gasteiger partial charge in [-0.2, -0.15) is 8.42 Å². The van der Waals surface area contributed by atoms with Crippen molar-refractivity contribution in [1.82, 2.24) is 14.3 Å². The molecule has 5 aromatic rings. The molecule has 4 aromatic carbocycles. The number of carbonyl (C=O) groups is 1. The Balaban J connectivity index is 1.16. The summed E-state index contributed by atoms with van der Waals surface area (Å²) in [6.45, 7) is 2.03. The number of carbonyl (C=O) groups excluding carboxylic acids is 1. The summed E-state index contributed by atoms with van der Waals surface area (Å²) in [7, 11) is -3.90. The van der Waals surface area contributed by atoms with Crippen LogP contribution in [0.4, 0.5) is 5.69 Å². The SMILES string of the molecule is CCC1CC(c2ccc(-c3ccc(Cc4nc(-c5ccc(Cl)cc5Cl)cn4-c4ccc(N5CC(=O)NS5(=O)=O)cc4)cc3)cc2)C1. The fourth-order valence-corrected chi connectivity index (χ4v) is 7.99. The van der Waals surface area contributed by atoms with Crippen LogP contribution in [0.2, 0.25) is 10.0 Å². The van der Waals surface area contributed by atoms with Gasteiger partial charge in [-0.3, -0.25) is 4.79 Å². The molecule has 1 saturated heterocycles. The first-order chi connectivity index (χ1) is 22.2. The minimum atomic E-state index is -3.90. The number of nitrogens with zero attached hydrogens (tertiary/aromatic N) is 3. The molecule has 0 bridgehead atoms. The van der Waals surface area contributed by atoms with Crippen LogP contribution < -0.4 is 9.03 Å². The summed E-state index contributed by atoms with van der Waals surface area (Å²) in [5.41, 5.74) is 7.50. The molecule has 0 radical (unpaired) electrons. The van der Waals surface area contributed by atoms with Gasteiger partial charge < -0.3 is 4.57 Å². The fraction of sp³-hybridized carbons (Fsp3) is 0.222. The van der Waals surface area contributed by atoms with Gasteiger partial charge in [-0.25, -0.2) is 14.0 Å². The highest BCUT2D eigenvalue weighted by Gasteiger charge is 2.34. The lowest BCUT2D eigenvalue weighted by Crippen LogP contribution is -2.29. The van der Waals surface area contributed by atoms with Gasteiger partial charge in [0.2, 0.25) is 0 Å². The van der Waals surface area contributed by atoms with E-state index in [1.54, 1.807) is 24.3 Å². The molecule has 1 N–H and O–H groups in total. The van der Waals surface area contributed by atoms with E-state index in [0.717, 1.165) is 38.4 Å². The molecule has 2 heterocycles. The van der Waals surface area contributed by atoms with Crippen LogP contribution >= 0.6 is 23.2 Å². The Morgan fingerprint density at radius 2 is 1.52 bits per heavy atom. The third-order valence-electron chi connectivity index (χ3n) is 9.07. The molecule has 2 fully saturated rings. The molecule has 234 valence electrons. The van der Waals surface area contributed by atoms with E-state index in [0.29, 0.717) is 33.8 Å². The van der Waals surface area contributed by atoms with Crippen molar-refractivity contribution < 1.29 is 13.2 Å². The van der Waals surface area contributed by atoms with E-state index in [1.807, 2.05) is 33.7 Å². The van der Waals surface area contributed by atoms with E-state index in [9.17, 15) is 13.2 Å². The van der Waals surface area contributed by atoms with Crippen molar-refractivity contribution in [3.8, 4) is 28.1 Å². The van der Waals surface area contributed by atoms with Crippen molar-refractivity contribution >= 4 is 45.0 Å². The normalized spacial score (nSPS) is 18.8. The third-order valence-corrected chi connectivity index (χ3v) is 11.0. The van der Waals surface area contributed by atoms with E-state index < -0.39 is 16.1 Å². The first kappa shape index (κ1) is 30.5. The van der Waals surface area contributed by atoms with Crippen molar-refractivity contribution in [3.63, 3.8) is 0 Å². The van der Waals surface area contributed by atoms with E-state index in [4.69, 9.17) is 28.2 Å². The molecule has 1 aromatic heterocycles. The monoisotopic (exact) mass is 670 g/mol. The maximum atomic E-state index is 12.4. The molecule has 1 saturated carbocycles. The second kappa shape index (κ2) is 12.2. The molecule has 10 heteroatoms. The second-order valence-electron chi connectivity index (χ2n) is 12.0. The van der Waals surface area contributed by atoms with Crippen LogP contribution in [0.1, 0.15) is 49.1 Å². The molecule has 1 aliphatic heterocycles. The van der Waals surface area contributed by atoms with Gasteiger partial charge in [0, 0.05) is 28.9 Å². The number of benzene rings is 4. The number of imidazole rings is 1. The van der Waals surface area contributed by atoms with E-state index in [-0.39, 0.29) is 6.54 Å². The minimum Gasteiger partial charge on any atom is -0.303 e. The Morgan fingerprint density at radius 1 is 0.870 bits per heavy atom. The predicted molar refractivity (Wildman–Crippen MR) is 184 cm³/mol. The molecule has 0 atom stereocenters. The number of nitrogens with one attached hydrogen (secondary N) is 1. The lowest BCUT2D eigenvalue weighted by atomic mass is 9.70. The van der Waals surface area contributed by atoms with Gasteiger partial charge in [-0.15, -0.1) is 0 Å². The number of hydrogen-bond donors (Lipinski definition) is 1. The highest BCUT2D eigenvalue weighted by atomic mass is 35.5. The molecule has 2 aliphatic rings. The average Bonchev–Trinajstić information content (AvgIpc) is 3.55. The summed E-state index contributed by atoms with van der Waals surface area (Å²) in [4.78, 5) is 16.7. The number of aromatic nitrogens is 2. The standard InChI is InChI=1S/C36H32Cl2N4O3S/c1-2-23-17-28(18-23)27-9-7-26(8-10-27)25-5-3-24(4-6-25)19-35-39-34(32-16-11-29(37)20-33(32)38)21-41(35)30-12-14-31(15-13-30)42-22-36(43)40-46(42,44)45/h3-16,20-21,23,28H,2,17-19,22H2,1H3,(H,40,43). The minimum absolute atomic E-state index is 0.253. The van der Waals surface area contributed by atoms with Crippen molar-refractivity contribution in [2.75, 3.05) is 10.8 Å². The zero-order chi connectivity index (χ0) is 32.0. The molecule has 1 amide bonds. The van der Waals surface area contributed by atoms with Crippen molar-refractivity contribution in [2.24, 2.45) is 5.92 Å². The van der Waals surface area contributed by atoms with E-state index in [1.165, 1.54) is 30.4 Å². The highest BCUT2D eigenvalue weighted by molar-refractivity contribution is 7.92. The Kier molecular flexibility index (Phi) is 8.13. The van der Waals surface area contributed by atoms with Crippen molar-refractivity contribution in [1.29, 1.82) is 0 Å². The topological polar surface area (TPSA) is 84.3 Å². The summed E-state index contributed by atoms with van der Waals surface area (Å²) in [6, 6.07) is 29.8. The fourth-order valence-electron chi connectivity index (χ4n) is 6.34. The van der Waals surface area contributed by atoms with Gasteiger partial charge in [0.1, 0.15) is 12.4 Å². The average molecular weight is 672 g/mol. The van der Waals surface area contributed by atoms with Crippen LogP contribution in [0.25, 0.3) is 28.1 Å². The molecule has 0 unspecified atom stereocenters. The first-order valence-electron chi connectivity index (χ1n) is 15.3. The van der Waals surface area contributed by atoms with Gasteiger partial charge in [0.05, 0.1) is 16.4 Å². The van der Waals surface area contributed by atoms with Crippen LogP contribution in [0.5, 0.6) is 0 Å². The van der Waals surface area contributed by atoms with E-state index in [2.05, 4.69) is 55.5 Å². The third kappa shape index (κ3) is 6.05. The van der Waals surface area contributed by atoms with Crippen LogP contribution in [0.3, 0.4) is 0 Å². The van der Waals surface area contributed by atoms with Gasteiger partial charge in [0.15, 0.2) is 0 Å². The summed E-state index contributed by atoms with van der Waals surface area (Å²) in [6.07, 6.45) is 6.34. The quantitative estimate of drug-likeness (QED) is 0.180. The van der Waals surface area contributed by atoms with Gasteiger partial charge >= 0.3 is 10.2 Å². The Labute approximate surface area is 279 Å². The van der Waals surface area contributed by atoms with Gasteiger partial charge in [-0.1, -0.05) is 85.1 Å². The van der Waals surface area contributed by atoms with E-state index >= 15 is 0 Å². The van der Waals surface area contributed by atoms with Gasteiger partial charge in [-0.05, 0) is 89.4 Å². The summed E-state index contributed by atoms with van der Waals surface area (Å²) in [5.74, 6) is 1.79. The maximum absolute atomic E-state index is 12.4. The maximum Gasteiger partial charge on any atom is 0.326 e. The molecule has 7 rings (SSSR count). The predicted octanol–water partition coefficient (Wildman–Crippen LogP) is 8.19. The van der Waals surface area contributed by atoms with Crippen LogP contribution in [0, 0.1) is 5.92 Å². The molecule has 46 heavy (non-hydrogen) atoms. The zero-order valence-corrected chi connectivity index (χ0v) is 27.5. The Bertz CT molecular complexity index is 2020. The van der Waals surface area contributed by atoms with Crippen LogP contribution in [-0.4, -0.2) is 30.4 Å².